The zero-order valence-corrected chi connectivity index (χ0v) is 22.8. The van der Waals surface area contributed by atoms with Gasteiger partial charge in [-0.25, -0.2) is 9.97 Å². The standard InChI is InChI=1S/C28H31F3N8O/c1-6-33-18(4)19-10-20(12-21(11-19)28(29,30)31)27(40)36-22-8-7-16(2)23(13-22)37-26-9-17(3)38-39(26)25-14-24(32-5)34-15-35-25/h7-15,18,33,37H,6H2,1-5H3,(H,36,40)(H,32,34,35). The van der Waals surface area contributed by atoms with Crippen LogP contribution in [0.4, 0.5) is 36.2 Å². The van der Waals surface area contributed by atoms with Gasteiger partial charge in [0.05, 0.1) is 11.3 Å². The Balaban J connectivity index is 1.62. The summed E-state index contributed by atoms with van der Waals surface area (Å²) in [4.78, 5) is 21.6. The van der Waals surface area contributed by atoms with Crippen molar-refractivity contribution in [3.63, 3.8) is 0 Å². The second-order valence-electron chi connectivity index (χ2n) is 9.32. The molecule has 1 atom stereocenters. The molecule has 0 saturated carbocycles. The monoisotopic (exact) mass is 552 g/mol. The first kappa shape index (κ1) is 28.6. The molecule has 2 heterocycles. The maximum Gasteiger partial charge on any atom is 0.416 e. The number of carbonyl (C=O) groups is 1. The molecule has 0 aliphatic heterocycles. The third-order valence-electron chi connectivity index (χ3n) is 6.27. The third kappa shape index (κ3) is 6.57. The van der Waals surface area contributed by atoms with Gasteiger partial charge in [0.25, 0.3) is 5.91 Å². The number of carbonyl (C=O) groups excluding carboxylic acids is 1. The van der Waals surface area contributed by atoms with E-state index in [9.17, 15) is 18.0 Å². The summed E-state index contributed by atoms with van der Waals surface area (Å²) >= 11 is 0. The van der Waals surface area contributed by atoms with Crippen LogP contribution in [0, 0.1) is 13.8 Å². The van der Waals surface area contributed by atoms with E-state index in [4.69, 9.17) is 0 Å². The number of anilines is 4. The molecule has 2 aromatic carbocycles. The van der Waals surface area contributed by atoms with Gasteiger partial charge in [0.2, 0.25) is 0 Å². The smallest absolute Gasteiger partial charge is 0.373 e. The number of nitrogens with zero attached hydrogens (tertiary/aromatic N) is 4. The van der Waals surface area contributed by atoms with Crippen LogP contribution in [0.25, 0.3) is 5.82 Å². The minimum absolute atomic E-state index is 0.0811. The molecule has 12 heteroatoms. The Morgan fingerprint density at radius 2 is 1.82 bits per heavy atom. The third-order valence-corrected chi connectivity index (χ3v) is 6.27. The maximum atomic E-state index is 13.6. The second kappa shape index (κ2) is 11.7. The Labute approximate surface area is 230 Å². The summed E-state index contributed by atoms with van der Waals surface area (Å²) in [5, 5.41) is 16.7. The number of hydrogen-bond acceptors (Lipinski definition) is 7. The lowest BCUT2D eigenvalue weighted by Gasteiger charge is -2.18. The van der Waals surface area contributed by atoms with Crippen LogP contribution in [0.15, 0.2) is 54.9 Å². The number of nitrogens with one attached hydrogen (secondary N) is 4. The van der Waals surface area contributed by atoms with E-state index in [2.05, 4.69) is 36.3 Å². The van der Waals surface area contributed by atoms with E-state index >= 15 is 0 Å². The number of amides is 1. The number of halogens is 3. The zero-order valence-electron chi connectivity index (χ0n) is 22.8. The van der Waals surface area contributed by atoms with Gasteiger partial charge in [-0.2, -0.15) is 23.0 Å². The van der Waals surface area contributed by atoms with Crippen molar-refractivity contribution in [2.75, 3.05) is 29.5 Å². The fourth-order valence-electron chi connectivity index (χ4n) is 4.16. The molecule has 4 N–H and O–H groups in total. The SMILES string of the molecule is CCNC(C)c1cc(C(=O)Nc2ccc(C)c(Nc3cc(C)nn3-c3cc(NC)ncn3)c2)cc(C(F)(F)F)c1. The molecule has 40 heavy (non-hydrogen) atoms. The summed E-state index contributed by atoms with van der Waals surface area (Å²) in [6.45, 7) is 7.94. The first-order valence-electron chi connectivity index (χ1n) is 12.7. The van der Waals surface area contributed by atoms with Gasteiger partial charge in [0.1, 0.15) is 18.0 Å². The molecule has 0 aliphatic carbocycles. The molecular weight excluding hydrogens is 521 g/mol. The largest absolute Gasteiger partial charge is 0.416 e. The molecule has 4 aromatic rings. The van der Waals surface area contributed by atoms with Crippen LogP contribution in [0.3, 0.4) is 0 Å². The molecule has 1 unspecified atom stereocenters. The molecule has 0 saturated heterocycles. The molecule has 2 aromatic heterocycles. The predicted octanol–water partition coefficient (Wildman–Crippen LogP) is 6.01. The molecule has 0 radical (unpaired) electrons. The van der Waals surface area contributed by atoms with Gasteiger partial charge in [0, 0.05) is 42.2 Å². The van der Waals surface area contributed by atoms with Crippen molar-refractivity contribution in [1.29, 1.82) is 0 Å². The number of alkyl halides is 3. The highest BCUT2D eigenvalue weighted by Gasteiger charge is 2.32. The zero-order chi connectivity index (χ0) is 29.0. The lowest BCUT2D eigenvalue weighted by Crippen LogP contribution is -2.20. The lowest BCUT2D eigenvalue weighted by molar-refractivity contribution is -0.137. The fourth-order valence-corrected chi connectivity index (χ4v) is 4.16. The van der Waals surface area contributed by atoms with E-state index in [1.165, 1.54) is 12.4 Å². The number of benzene rings is 2. The van der Waals surface area contributed by atoms with E-state index in [1.807, 2.05) is 26.8 Å². The van der Waals surface area contributed by atoms with Gasteiger partial charge in [-0.05, 0) is 68.8 Å². The van der Waals surface area contributed by atoms with Crippen molar-refractivity contribution in [2.45, 2.75) is 39.9 Å². The van der Waals surface area contributed by atoms with E-state index in [1.54, 1.807) is 42.9 Å². The Bertz CT molecular complexity index is 1520. The van der Waals surface area contributed by atoms with Crippen LogP contribution in [0.1, 0.15) is 52.6 Å². The summed E-state index contributed by atoms with van der Waals surface area (Å²) in [5.41, 5.74) is 2.14. The van der Waals surface area contributed by atoms with E-state index in [0.717, 1.165) is 23.4 Å². The van der Waals surface area contributed by atoms with Gasteiger partial charge >= 0.3 is 6.18 Å². The van der Waals surface area contributed by atoms with Gasteiger partial charge in [-0.3, -0.25) is 4.79 Å². The highest BCUT2D eigenvalue weighted by atomic mass is 19.4. The first-order chi connectivity index (χ1) is 19.0. The van der Waals surface area contributed by atoms with Crippen LogP contribution in [-0.4, -0.2) is 39.2 Å². The van der Waals surface area contributed by atoms with E-state index in [0.29, 0.717) is 40.9 Å². The summed E-state index contributed by atoms with van der Waals surface area (Å²) in [6.07, 6.45) is -3.15. The quantitative estimate of drug-likeness (QED) is 0.202. The van der Waals surface area contributed by atoms with Gasteiger partial charge in [0.15, 0.2) is 5.82 Å². The highest BCUT2D eigenvalue weighted by molar-refractivity contribution is 6.04. The molecule has 4 rings (SSSR count). The van der Waals surface area contributed by atoms with Crippen LogP contribution < -0.4 is 21.3 Å². The van der Waals surface area contributed by atoms with E-state index in [-0.39, 0.29) is 11.6 Å². The summed E-state index contributed by atoms with van der Waals surface area (Å²) in [6, 6.07) is 11.9. The normalized spacial score (nSPS) is 12.2. The second-order valence-corrected chi connectivity index (χ2v) is 9.32. The molecule has 0 fully saturated rings. The minimum Gasteiger partial charge on any atom is -0.373 e. The molecule has 9 nitrogen and oxygen atoms in total. The minimum atomic E-state index is -4.59. The Kier molecular flexibility index (Phi) is 8.38. The first-order valence-corrected chi connectivity index (χ1v) is 12.7. The molecule has 1 amide bonds. The summed E-state index contributed by atoms with van der Waals surface area (Å²) < 4.78 is 42.5. The molecule has 0 aliphatic rings. The average Bonchev–Trinajstić information content (AvgIpc) is 3.29. The summed E-state index contributed by atoms with van der Waals surface area (Å²) in [7, 11) is 1.76. The molecular formula is C28H31F3N8O. The number of aryl methyl sites for hydroxylation is 2. The van der Waals surface area contributed by atoms with E-state index < -0.39 is 17.6 Å². The Morgan fingerprint density at radius 3 is 2.52 bits per heavy atom. The Morgan fingerprint density at radius 1 is 1.05 bits per heavy atom. The molecule has 0 bridgehead atoms. The fraction of sp³-hybridized carbons (Fsp3) is 0.286. The van der Waals surface area contributed by atoms with Crippen molar-refractivity contribution in [2.24, 2.45) is 0 Å². The van der Waals surface area contributed by atoms with Gasteiger partial charge < -0.3 is 21.3 Å². The lowest BCUT2D eigenvalue weighted by atomic mass is 10.00. The number of hydrogen-bond donors (Lipinski definition) is 4. The van der Waals surface area contributed by atoms with Crippen LogP contribution in [-0.2, 0) is 6.18 Å². The predicted molar refractivity (Wildman–Crippen MR) is 149 cm³/mol. The van der Waals surface area contributed by atoms with Crippen LogP contribution in [0.5, 0.6) is 0 Å². The highest BCUT2D eigenvalue weighted by Crippen LogP contribution is 2.33. The van der Waals surface area contributed by atoms with Crippen LogP contribution in [0.2, 0.25) is 0 Å². The topological polar surface area (TPSA) is 109 Å². The van der Waals surface area contributed by atoms with Crippen molar-refractivity contribution >= 4 is 28.9 Å². The maximum absolute atomic E-state index is 13.6. The van der Waals surface area contributed by atoms with Crippen LogP contribution >= 0.6 is 0 Å². The summed E-state index contributed by atoms with van der Waals surface area (Å²) in [5.74, 6) is 1.16. The van der Waals surface area contributed by atoms with Gasteiger partial charge in [-0.1, -0.05) is 13.0 Å². The average molecular weight is 553 g/mol. The van der Waals surface area contributed by atoms with Crippen molar-refractivity contribution in [1.82, 2.24) is 25.1 Å². The number of aromatic nitrogens is 4. The van der Waals surface area contributed by atoms with Crippen molar-refractivity contribution < 1.29 is 18.0 Å². The molecule has 210 valence electrons. The Hall–Kier alpha value is -4.45. The van der Waals surface area contributed by atoms with Gasteiger partial charge in [-0.15, -0.1) is 0 Å². The number of rotatable bonds is 9. The molecule has 0 spiro atoms. The van der Waals surface area contributed by atoms with Crippen molar-refractivity contribution in [3.05, 3.63) is 82.8 Å². The van der Waals surface area contributed by atoms with Crippen molar-refractivity contribution in [3.8, 4) is 5.82 Å².